The summed E-state index contributed by atoms with van der Waals surface area (Å²) in [7, 11) is 0. The molecule has 0 spiro atoms. The van der Waals surface area contributed by atoms with Gasteiger partial charge in [0.2, 0.25) is 0 Å². The zero-order valence-corrected chi connectivity index (χ0v) is 14.2. The van der Waals surface area contributed by atoms with Crippen LogP contribution in [0.1, 0.15) is 55.6 Å². The number of fused-ring (bicyclic) bond motifs is 2. The first-order valence-electron chi connectivity index (χ1n) is 9.43. The number of para-hydroxylation sites is 1. The van der Waals surface area contributed by atoms with E-state index in [-0.39, 0.29) is 18.5 Å². The van der Waals surface area contributed by atoms with Gasteiger partial charge in [0.05, 0.1) is 6.42 Å². The summed E-state index contributed by atoms with van der Waals surface area (Å²) in [6, 6.07) is 5.82. The summed E-state index contributed by atoms with van der Waals surface area (Å²) >= 11 is 0. The number of carbonyl (C=O) groups is 1. The second-order valence-corrected chi connectivity index (χ2v) is 7.72. The van der Waals surface area contributed by atoms with Gasteiger partial charge in [-0.2, -0.15) is 0 Å². The first kappa shape index (κ1) is 15.9. The monoisotopic (exact) mass is 329 g/mol. The second kappa shape index (κ2) is 6.75. The van der Waals surface area contributed by atoms with Crippen molar-refractivity contribution >= 4 is 5.97 Å². The van der Waals surface area contributed by atoms with E-state index in [2.05, 4.69) is 5.32 Å². The molecule has 4 rings (SSSR count). The fourth-order valence-corrected chi connectivity index (χ4v) is 4.89. The van der Waals surface area contributed by atoms with Crippen LogP contribution >= 0.6 is 0 Å². The Bertz CT molecular complexity index is 593. The maximum Gasteiger partial charge on any atom is 0.310 e. The van der Waals surface area contributed by atoms with E-state index in [1.165, 1.54) is 12.8 Å². The molecule has 1 aromatic carbocycles. The molecule has 0 radical (unpaired) electrons. The highest BCUT2D eigenvalue weighted by atomic mass is 16.5. The first-order chi connectivity index (χ1) is 11.7. The van der Waals surface area contributed by atoms with Crippen LogP contribution in [-0.4, -0.2) is 30.3 Å². The van der Waals surface area contributed by atoms with Crippen molar-refractivity contribution in [1.82, 2.24) is 5.32 Å². The smallest absolute Gasteiger partial charge is 0.310 e. The van der Waals surface area contributed by atoms with E-state index in [0.717, 1.165) is 44.3 Å². The molecular weight excluding hydrogens is 302 g/mol. The van der Waals surface area contributed by atoms with E-state index in [0.29, 0.717) is 29.1 Å². The highest BCUT2D eigenvalue weighted by Crippen LogP contribution is 2.40. The Morgan fingerprint density at radius 1 is 1.12 bits per heavy atom. The highest BCUT2D eigenvalue weighted by molar-refractivity contribution is 5.74. The number of hydrogen-bond donors (Lipinski definition) is 2. The van der Waals surface area contributed by atoms with Crippen LogP contribution < -0.4 is 5.32 Å². The normalized spacial score (nSPS) is 29.8. The summed E-state index contributed by atoms with van der Waals surface area (Å²) < 4.78 is 5.81. The number of benzene rings is 1. The lowest BCUT2D eigenvalue weighted by atomic mass is 9.93. The number of phenols is 1. The van der Waals surface area contributed by atoms with Gasteiger partial charge in [-0.3, -0.25) is 4.79 Å². The van der Waals surface area contributed by atoms with Crippen molar-refractivity contribution in [2.75, 3.05) is 13.1 Å². The number of rotatable bonds is 4. The van der Waals surface area contributed by atoms with Gasteiger partial charge < -0.3 is 15.2 Å². The number of phenolic OH excluding ortho intramolecular Hbond substituents is 1. The summed E-state index contributed by atoms with van der Waals surface area (Å²) in [6.07, 6.45) is 7.29. The Kier molecular flexibility index (Phi) is 4.49. The van der Waals surface area contributed by atoms with Gasteiger partial charge in [0.15, 0.2) is 0 Å². The third-order valence-corrected chi connectivity index (χ3v) is 6.20. The molecule has 4 nitrogen and oxygen atoms in total. The lowest BCUT2D eigenvalue weighted by Gasteiger charge is -2.30. The minimum absolute atomic E-state index is 0.0684. The molecule has 0 aromatic heterocycles. The molecule has 130 valence electrons. The number of piperidine rings is 1. The number of aromatic hydroxyl groups is 1. The summed E-state index contributed by atoms with van der Waals surface area (Å²) in [5, 5.41) is 14.0. The van der Waals surface area contributed by atoms with Crippen LogP contribution in [0.2, 0.25) is 0 Å². The Morgan fingerprint density at radius 3 is 2.54 bits per heavy atom. The molecule has 24 heavy (non-hydrogen) atoms. The van der Waals surface area contributed by atoms with Crippen LogP contribution in [-0.2, 0) is 16.0 Å². The van der Waals surface area contributed by atoms with E-state index in [1.807, 2.05) is 18.2 Å². The number of carbonyl (C=O) groups excluding carboxylic acids is 1. The van der Waals surface area contributed by atoms with E-state index in [1.54, 1.807) is 0 Å². The van der Waals surface area contributed by atoms with Gasteiger partial charge in [-0.15, -0.1) is 0 Å². The Morgan fingerprint density at radius 2 is 1.83 bits per heavy atom. The van der Waals surface area contributed by atoms with Gasteiger partial charge in [-0.25, -0.2) is 0 Å². The molecule has 2 aliphatic carbocycles. The molecule has 1 saturated heterocycles. The van der Waals surface area contributed by atoms with Gasteiger partial charge in [0.25, 0.3) is 0 Å². The number of nitrogens with one attached hydrogen (secondary N) is 1. The number of ether oxygens (including phenoxy) is 1. The van der Waals surface area contributed by atoms with Crippen LogP contribution in [0.3, 0.4) is 0 Å². The zero-order chi connectivity index (χ0) is 16.5. The fourth-order valence-electron chi connectivity index (χ4n) is 4.89. The second-order valence-electron chi connectivity index (χ2n) is 7.72. The van der Waals surface area contributed by atoms with Crippen molar-refractivity contribution in [3.8, 4) is 5.75 Å². The van der Waals surface area contributed by atoms with Gasteiger partial charge in [-0.05, 0) is 37.2 Å². The van der Waals surface area contributed by atoms with Crippen LogP contribution in [0.15, 0.2) is 18.2 Å². The Balaban J connectivity index is 1.43. The lowest BCUT2D eigenvalue weighted by Crippen LogP contribution is -2.44. The van der Waals surface area contributed by atoms with Crippen LogP contribution in [0, 0.1) is 11.8 Å². The standard InChI is InChI=1S/C20H27NO3/c22-18(24-20-15-8-9-16(20)12-21-11-15)10-14-6-3-7-17(19(14)23)13-4-1-2-5-13/h3,6-7,13,15-16,20-21,23H,1-2,4-5,8-12H2. The summed E-state index contributed by atoms with van der Waals surface area (Å²) in [4.78, 5) is 12.4. The minimum atomic E-state index is -0.197. The SMILES string of the molecule is O=C(Cc1cccc(C2CCCC2)c1O)OC1C2CCC1CNC2. The van der Waals surface area contributed by atoms with Crippen LogP contribution in [0.25, 0.3) is 0 Å². The molecule has 1 aromatic rings. The predicted molar refractivity (Wildman–Crippen MR) is 92.0 cm³/mol. The number of hydrogen-bond acceptors (Lipinski definition) is 4. The van der Waals surface area contributed by atoms with E-state index in [4.69, 9.17) is 4.74 Å². The first-order valence-corrected chi connectivity index (χ1v) is 9.43. The van der Waals surface area contributed by atoms with Crippen molar-refractivity contribution in [3.63, 3.8) is 0 Å². The molecule has 0 amide bonds. The maximum atomic E-state index is 12.4. The van der Waals surface area contributed by atoms with Gasteiger partial charge in [-0.1, -0.05) is 31.0 Å². The summed E-state index contributed by atoms with van der Waals surface area (Å²) in [5.74, 6) is 1.49. The average molecular weight is 329 g/mol. The van der Waals surface area contributed by atoms with E-state index in [9.17, 15) is 9.90 Å². The van der Waals surface area contributed by atoms with Gasteiger partial charge in [0.1, 0.15) is 11.9 Å². The molecule has 3 fully saturated rings. The topological polar surface area (TPSA) is 58.6 Å². The molecular formula is C20H27NO3. The van der Waals surface area contributed by atoms with Crippen molar-refractivity contribution in [2.24, 2.45) is 11.8 Å². The minimum Gasteiger partial charge on any atom is -0.507 e. The quantitative estimate of drug-likeness (QED) is 0.833. The van der Waals surface area contributed by atoms with Crippen LogP contribution in [0.5, 0.6) is 5.75 Å². The maximum absolute atomic E-state index is 12.4. The fraction of sp³-hybridized carbons (Fsp3) is 0.650. The molecule has 1 aliphatic heterocycles. The van der Waals surface area contributed by atoms with E-state index >= 15 is 0 Å². The molecule has 2 unspecified atom stereocenters. The lowest BCUT2D eigenvalue weighted by molar-refractivity contribution is -0.153. The molecule has 2 saturated carbocycles. The van der Waals surface area contributed by atoms with Crippen molar-refractivity contribution in [3.05, 3.63) is 29.3 Å². The van der Waals surface area contributed by atoms with E-state index < -0.39 is 0 Å². The molecule has 3 aliphatic rings. The predicted octanol–water partition coefficient (Wildman–Crippen LogP) is 3.13. The largest absolute Gasteiger partial charge is 0.507 e. The van der Waals surface area contributed by atoms with Crippen LogP contribution in [0.4, 0.5) is 0 Å². The molecule has 1 heterocycles. The molecule has 4 heteroatoms. The third kappa shape index (κ3) is 3.04. The molecule has 2 atom stereocenters. The van der Waals surface area contributed by atoms with Gasteiger partial charge >= 0.3 is 5.97 Å². The molecule has 2 N–H and O–H groups in total. The van der Waals surface area contributed by atoms with Crippen molar-refractivity contribution in [1.29, 1.82) is 0 Å². The Hall–Kier alpha value is -1.55. The summed E-state index contributed by atoms with van der Waals surface area (Å²) in [6.45, 7) is 1.91. The average Bonchev–Trinajstić information content (AvgIpc) is 3.16. The van der Waals surface area contributed by atoms with Crippen molar-refractivity contribution < 1.29 is 14.6 Å². The van der Waals surface area contributed by atoms with Crippen molar-refractivity contribution in [2.45, 2.75) is 57.0 Å². The molecule has 2 bridgehead atoms. The summed E-state index contributed by atoms with van der Waals surface area (Å²) in [5.41, 5.74) is 1.73. The number of esters is 1. The third-order valence-electron chi connectivity index (χ3n) is 6.20. The zero-order valence-electron chi connectivity index (χ0n) is 14.2. The highest BCUT2D eigenvalue weighted by Gasteiger charge is 2.41. The Labute approximate surface area is 143 Å². The van der Waals surface area contributed by atoms with Gasteiger partial charge in [0, 0.05) is 30.5 Å².